The third-order valence-electron chi connectivity index (χ3n) is 1.46. The summed E-state index contributed by atoms with van der Waals surface area (Å²) in [6.45, 7) is 2.34. The normalized spacial score (nSPS) is 15.9. The third-order valence-corrected chi connectivity index (χ3v) is 1.46. The molecule has 1 amide bonds. The second-order valence-corrected chi connectivity index (χ2v) is 3.04. The number of ether oxygens (including phenoxy) is 1. The zero-order valence-corrected chi connectivity index (χ0v) is 7.09. The minimum atomic E-state index is -0.526. The van der Waals surface area contributed by atoms with E-state index >= 15 is 0 Å². The Labute approximate surface area is 66.9 Å². The first kappa shape index (κ1) is 10.4. The first-order valence-electron chi connectivity index (χ1n) is 3.54. The summed E-state index contributed by atoms with van der Waals surface area (Å²) in [7, 11) is 1.60. The van der Waals surface area contributed by atoms with Crippen LogP contribution in [-0.4, -0.2) is 25.2 Å². The lowest BCUT2D eigenvalue weighted by Crippen LogP contribution is -2.41. The van der Waals surface area contributed by atoms with Crippen LogP contribution in [0.4, 0.5) is 0 Å². The van der Waals surface area contributed by atoms with E-state index in [1.807, 2.05) is 0 Å². The molecule has 0 aliphatic heterocycles. The summed E-state index contributed by atoms with van der Waals surface area (Å²) in [5.41, 5.74) is 10.2. The fourth-order valence-corrected chi connectivity index (χ4v) is 0.822. The van der Waals surface area contributed by atoms with E-state index in [0.717, 1.165) is 0 Å². The molecule has 4 heteroatoms. The molecule has 1 unspecified atom stereocenters. The number of nitrogens with two attached hydrogens (primary N) is 2. The molecular weight excluding hydrogens is 144 g/mol. The van der Waals surface area contributed by atoms with Crippen molar-refractivity contribution in [1.29, 1.82) is 0 Å². The molecule has 0 aliphatic rings. The van der Waals surface area contributed by atoms with Crippen molar-refractivity contribution in [2.45, 2.75) is 25.3 Å². The Bertz CT molecular complexity index is 134. The van der Waals surface area contributed by atoms with Crippen molar-refractivity contribution in [3.8, 4) is 0 Å². The minimum absolute atomic E-state index is 0.205. The summed E-state index contributed by atoms with van der Waals surface area (Å²) in [6.07, 6.45) is 0.850. The molecule has 0 saturated heterocycles. The molecule has 0 aromatic carbocycles. The Morgan fingerprint density at radius 1 is 1.64 bits per heavy atom. The van der Waals surface area contributed by atoms with Crippen LogP contribution in [0.25, 0.3) is 0 Å². The van der Waals surface area contributed by atoms with Crippen LogP contribution in [0.2, 0.25) is 0 Å². The topological polar surface area (TPSA) is 78.3 Å². The Balaban J connectivity index is 3.70. The standard InChI is InChI=1S/C7H16N2O2/c1-7(9,3-4-11-2)5-6(8)10/h3-5,9H2,1-2H3,(H2,8,10). The van der Waals surface area contributed by atoms with Gasteiger partial charge in [0.05, 0.1) is 0 Å². The molecule has 4 N–H and O–H groups in total. The lowest BCUT2D eigenvalue weighted by molar-refractivity contribution is -0.119. The van der Waals surface area contributed by atoms with Gasteiger partial charge in [-0.3, -0.25) is 4.79 Å². The number of carbonyl (C=O) groups excluding carboxylic acids is 1. The van der Waals surface area contributed by atoms with Crippen LogP contribution >= 0.6 is 0 Å². The van der Waals surface area contributed by atoms with Gasteiger partial charge in [-0.25, -0.2) is 0 Å². The smallest absolute Gasteiger partial charge is 0.219 e. The fourth-order valence-electron chi connectivity index (χ4n) is 0.822. The van der Waals surface area contributed by atoms with E-state index in [-0.39, 0.29) is 12.3 Å². The molecule has 0 spiro atoms. The summed E-state index contributed by atoms with van der Waals surface area (Å²) in [6, 6.07) is 0. The van der Waals surface area contributed by atoms with Gasteiger partial charge in [-0.2, -0.15) is 0 Å². The molecule has 0 bridgehead atoms. The van der Waals surface area contributed by atoms with Crippen molar-refractivity contribution >= 4 is 5.91 Å². The van der Waals surface area contributed by atoms with Gasteiger partial charge in [-0.15, -0.1) is 0 Å². The Morgan fingerprint density at radius 3 is 2.55 bits per heavy atom. The highest BCUT2D eigenvalue weighted by Gasteiger charge is 2.20. The van der Waals surface area contributed by atoms with Gasteiger partial charge in [0, 0.05) is 25.7 Å². The van der Waals surface area contributed by atoms with Gasteiger partial charge >= 0.3 is 0 Å². The van der Waals surface area contributed by atoms with Crippen molar-refractivity contribution in [3.63, 3.8) is 0 Å². The number of rotatable bonds is 5. The van der Waals surface area contributed by atoms with Gasteiger partial charge in [0.1, 0.15) is 0 Å². The predicted molar refractivity (Wildman–Crippen MR) is 42.9 cm³/mol. The van der Waals surface area contributed by atoms with Crippen LogP contribution in [0.5, 0.6) is 0 Å². The van der Waals surface area contributed by atoms with E-state index in [1.54, 1.807) is 14.0 Å². The molecule has 0 aromatic heterocycles. The number of hydrogen-bond donors (Lipinski definition) is 2. The molecule has 0 fully saturated rings. The maximum atomic E-state index is 10.5. The fraction of sp³-hybridized carbons (Fsp3) is 0.857. The molecule has 0 aliphatic carbocycles. The van der Waals surface area contributed by atoms with Crippen LogP contribution < -0.4 is 11.5 Å². The van der Waals surface area contributed by atoms with E-state index in [9.17, 15) is 4.79 Å². The first-order valence-corrected chi connectivity index (χ1v) is 3.54. The number of primary amides is 1. The van der Waals surface area contributed by atoms with Gasteiger partial charge in [-0.1, -0.05) is 0 Å². The molecular formula is C7H16N2O2. The predicted octanol–water partition coefficient (Wildman–Crippen LogP) is -0.384. The Morgan fingerprint density at radius 2 is 2.18 bits per heavy atom. The van der Waals surface area contributed by atoms with Crippen molar-refractivity contribution in [2.24, 2.45) is 11.5 Å². The van der Waals surface area contributed by atoms with E-state index < -0.39 is 5.54 Å². The SMILES string of the molecule is COCCC(C)(N)CC(N)=O. The molecule has 11 heavy (non-hydrogen) atoms. The zero-order valence-electron chi connectivity index (χ0n) is 7.09. The van der Waals surface area contributed by atoms with Crippen LogP contribution in [-0.2, 0) is 9.53 Å². The summed E-state index contributed by atoms with van der Waals surface area (Å²) >= 11 is 0. The first-order chi connectivity index (χ1) is 4.98. The quantitative estimate of drug-likeness (QED) is 0.575. The second kappa shape index (κ2) is 4.31. The molecule has 0 heterocycles. The number of amides is 1. The zero-order chi connectivity index (χ0) is 8.91. The van der Waals surface area contributed by atoms with E-state index in [1.165, 1.54) is 0 Å². The van der Waals surface area contributed by atoms with Gasteiger partial charge < -0.3 is 16.2 Å². The van der Waals surface area contributed by atoms with Gasteiger partial charge in [0.2, 0.25) is 5.91 Å². The second-order valence-electron chi connectivity index (χ2n) is 3.04. The highest BCUT2D eigenvalue weighted by atomic mass is 16.5. The van der Waals surface area contributed by atoms with Crippen LogP contribution in [0.1, 0.15) is 19.8 Å². The molecule has 66 valence electrons. The number of methoxy groups -OCH3 is 1. The van der Waals surface area contributed by atoms with Crippen LogP contribution in [0.3, 0.4) is 0 Å². The van der Waals surface area contributed by atoms with Crippen LogP contribution in [0.15, 0.2) is 0 Å². The van der Waals surface area contributed by atoms with Crippen molar-refractivity contribution in [2.75, 3.05) is 13.7 Å². The monoisotopic (exact) mass is 160 g/mol. The third kappa shape index (κ3) is 5.82. The molecule has 4 nitrogen and oxygen atoms in total. The molecule has 1 atom stereocenters. The van der Waals surface area contributed by atoms with Gasteiger partial charge in [0.15, 0.2) is 0 Å². The van der Waals surface area contributed by atoms with Crippen molar-refractivity contribution < 1.29 is 9.53 Å². The minimum Gasteiger partial charge on any atom is -0.385 e. The average Bonchev–Trinajstić information content (AvgIpc) is 1.81. The molecule has 0 rings (SSSR count). The Kier molecular flexibility index (Phi) is 4.07. The summed E-state index contributed by atoms with van der Waals surface area (Å²) in [4.78, 5) is 10.5. The summed E-state index contributed by atoms with van der Waals surface area (Å²) in [5, 5.41) is 0. The molecule has 0 saturated carbocycles. The Hall–Kier alpha value is -0.610. The maximum absolute atomic E-state index is 10.5. The highest BCUT2D eigenvalue weighted by Crippen LogP contribution is 2.09. The van der Waals surface area contributed by atoms with E-state index in [0.29, 0.717) is 13.0 Å². The van der Waals surface area contributed by atoms with Crippen molar-refractivity contribution in [3.05, 3.63) is 0 Å². The summed E-state index contributed by atoms with van der Waals surface area (Å²) in [5.74, 6) is -0.369. The number of hydrogen-bond acceptors (Lipinski definition) is 3. The lowest BCUT2D eigenvalue weighted by Gasteiger charge is -2.21. The molecule has 0 radical (unpaired) electrons. The van der Waals surface area contributed by atoms with Crippen molar-refractivity contribution in [1.82, 2.24) is 0 Å². The van der Waals surface area contributed by atoms with E-state index in [2.05, 4.69) is 0 Å². The van der Waals surface area contributed by atoms with E-state index in [4.69, 9.17) is 16.2 Å². The summed E-state index contributed by atoms with van der Waals surface area (Å²) < 4.78 is 4.83. The largest absolute Gasteiger partial charge is 0.385 e. The van der Waals surface area contributed by atoms with Gasteiger partial charge in [0.25, 0.3) is 0 Å². The lowest BCUT2D eigenvalue weighted by atomic mass is 9.95. The highest BCUT2D eigenvalue weighted by molar-refractivity contribution is 5.75. The van der Waals surface area contributed by atoms with Gasteiger partial charge in [-0.05, 0) is 13.3 Å². The van der Waals surface area contributed by atoms with Crippen LogP contribution in [0, 0.1) is 0 Å². The number of carbonyl (C=O) groups is 1. The molecule has 0 aromatic rings. The maximum Gasteiger partial charge on any atom is 0.219 e. The average molecular weight is 160 g/mol.